The first kappa shape index (κ1) is 17.2. The Kier molecular flexibility index (Phi) is 6.05. The molecule has 3 nitrogen and oxygen atoms in total. The van der Waals surface area contributed by atoms with E-state index < -0.39 is 0 Å². The van der Waals surface area contributed by atoms with Gasteiger partial charge in [-0.3, -0.25) is 4.79 Å². The normalized spacial score (nSPS) is 15.4. The predicted molar refractivity (Wildman–Crippen MR) is 98.2 cm³/mol. The summed E-state index contributed by atoms with van der Waals surface area (Å²) < 4.78 is 5.41. The van der Waals surface area contributed by atoms with Gasteiger partial charge in [-0.05, 0) is 43.9 Å². The van der Waals surface area contributed by atoms with Crippen LogP contribution in [0.3, 0.4) is 0 Å². The second kappa shape index (κ2) is 8.45. The molecule has 4 heteroatoms. The van der Waals surface area contributed by atoms with Gasteiger partial charge in [0.15, 0.2) is 0 Å². The molecular formula is C20H25NO2S. The first-order valence-electron chi connectivity index (χ1n) is 8.68. The maximum Gasteiger partial charge on any atom is 0.226 e. The van der Waals surface area contributed by atoms with Gasteiger partial charge in [0.05, 0.1) is 6.54 Å². The monoisotopic (exact) mass is 343 g/mol. The zero-order valence-electron chi connectivity index (χ0n) is 14.2. The van der Waals surface area contributed by atoms with Crippen LogP contribution in [0.5, 0.6) is 0 Å². The summed E-state index contributed by atoms with van der Waals surface area (Å²) in [7, 11) is 0. The number of ether oxygens (including phenoxy) is 1. The molecular weight excluding hydrogens is 318 g/mol. The summed E-state index contributed by atoms with van der Waals surface area (Å²) in [5.41, 5.74) is 1.28. The lowest BCUT2D eigenvalue weighted by atomic mass is 9.98. The van der Waals surface area contributed by atoms with Gasteiger partial charge in [-0.2, -0.15) is 0 Å². The highest BCUT2D eigenvalue weighted by Crippen LogP contribution is 2.22. The van der Waals surface area contributed by atoms with Crippen LogP contribution < -0.4 is 0 Å². The number of aryl methyl sites for hydroxylation is 1. The van der Waals surface area contributed by atoms with Crippen molar-refractivity contribution in [1.29, 1.82) is 0 Å². The number of benzene rings is 1. The van der Waals surface area contributed by atoms with Crippen molar-refractivity contribution in [2.45, 2.75) is 32.7 Å². The van der Waals surface area contributed by atoms with Crippen LogP contribution in [0.25, 0.3) is 0 Å². The number of carbonyl (C=O) groups excluding carboxylic acids is 1. The molecule has 0 atom stereocenters. The van der Waals surface area contributed by atoms with Gasteiger partial charge in [-0.1, -0.05) is 30.3 Å². The maximum absolute atomic E-state index is 13.0. The molecule has 0 saturated carbocycles. The topological polar surface area (TPSA) is 29.5 Å². The van der Waals surface area contributed by atoms with E-state index in [4.69, 9.17) is 4.74 Å². The van der Waals surface area contributed by atoms with E-state index in [1.807, 2.05) is 11.0 Å². The molecule has 0 spiro atoms. The van der Waals surface area contributed by atoms with Crippen molar-refractivity contribution in [3.8, 4) is 0 Å². The summed E-state index contributed by atoms with van der Waals surface area (Å²) in [6.07, 6.45) is 2.61. The summed E-state index contributed by atoms with van der Waals surface area (Å²) in [6, 6.07) is 14.7. The SMILES string of the molecule is Cc1ccc(CN(CCc2ccccc2)C(=O)C2CCOCC2)s1. The van der Waals surface area contributed by atoms with E-state index in [-0.39, 0.29) is 5.92 Å². The number of nitrogens with zero attached hydrogens (tertiary/aromatic N) is 1. The van der Waals surface area contributed by atoms with E-state index in [1.165, 1.54) is 15.3 Å². The third kappa shape index (κ3) is 4.68. The van der Waals surface area contributed by atoms with Crippen LogP contribution in [-0.2, 0) is 22.5 Å². The second-order valence-electron chi connectivity index (χ2n) is 6.39. The van der Waals surface area contributed by atoms with Gasteiger partial charge in [-0.25, -0.2) is 0 Å². The highest BCUT2D eigenvalue weighted by molar-refractivity contribution is 7.11. The van der Waals surface area contributed by atoms with E-state index in [9.17, 15) is 4.79 Å². The van der Waals surface area contributed by atoms with E-state index in [0.29, 0.717) is 19.1 Å². The highest BCUT2D eigenvalue weighted by Gasteiger charge is 2.26. The first-order valence-corrected chi connectivity index (χ1v) is 9.50. The summed E-state index contributed by atoms with van der Waals surface area (Å²) in [6.45, 7) is 5.03. The number of hydrogen-bond donors (Lipinski definition) is 0. The summed E-state index contributed by atoms with van der Waals surface area (Å²) >= 11 is 1.78. The minimum absolute atomic E-state index is 0.121. The fourth-order valence-electron chi connectivity index (χ4n) is 3.14. The van der Waals surface area contributed by atoms with Crippen molar-refractivity contribution in [3.63, 3.8) is 0 Å². The standard InChI is InChI=1S/C20H25NO2S/c1-16-7-8-19(24-16)15-21(12-9-17-5-3-2-4-6-17)20(22)18-10-13-23-14-11-18/h2-8,18H,9-15H2,1H3. The molecule has 1 amide bonds. The van der Waals surface area contributed by atoms with Crippen molar-refractivity contribution in [2.24, 2.45) is 5.92 Å². The predicted octanol–water partition coefficient (Wildman–Crippen LogP) is 4.05. The molecule has 0 unspecified atom stereocenters. The second-order valence-corrected chi connectivity index (χ2v) is 7.77. The molecule has 2 aromatic rings. The van der Waals surface area contributed by atoms with Crippen molar-refractivity contribution in [1.82, 2.24) is 4.90 Å². The molecule has 128 valence electrons. The average Bonchev–Trinajstić information content (AvgIpc) is 3.04. The van der Waals surface area contributed by atoms with Gasteiger partial charge in [0.2, 0.25) is 5.91 Å². The molecule has 0 bridgehead atoms. The molecule has 0 aliphatic carbocycles. The van der Waals surface area contributed by atoms with Gasteiger partial charge < -0.3 is 9.64 Å². The first-order chi connectivity index (χ1) is 11.7. The minimum Gasteiger partial charge on any atom is -0.381 e. The summed E-state index contributed by atoms with van der Waals surface area (Å²) in [5, 5.41) is 0. The van der Waals surface area contributed by atoms with E-state index in [2.05, 4.69) is 43.3 Å². The van der Waals surface area contributed by atoms with Gasteiger partial charge >= 0.3 is 0 Å². The number of carbonyl (C=O) groups is 1. The van der Waals surface area contributed by atoms with E-state index in [0.717, 1.165) is 32.4 Å². The van der Waals surface area contributed by atoms with Gasteiger partial charge in [0, 0.05) is 35.4 Å². The van der Waals surface area contributed by atoms with E-state index in [1.54, 1.807) is 11.3 Å². The fourth-order valence-corrected chi connectivity index (χ4v) is 4.04. The molecule has 2 heterocycles. The molecule has 0 N–H and O–H groups in total. The molecule has 0 radical (unpaired) electrons. The molecule has 3 rings (SSSR count). The number of amides is 1. The zero-order valence-corrected chi connectivity index (χ0v) is 15.1. The maximum atomic E-state index is 13.0. The molecule has 24 heavy (non-hydrogen) atoms. The number of rotatable bonds is 6. The van der Waals surface area contributed by atoms with Crippen LogP contribution in [-0.4, -0.2) is 30.6 Å². The zero-order chi connectivity index (χ0) is 16.8. The Labute approximate surface area is 148 Å². The summed E-state index contributed by atoms with van der Waals surface area (Å²) in [5.74, 6) is 0.413. The van der Waals surface area contributed by atoms with Crippen LogP contribution in [0.4, 0.5) is 0 Å². The fraction of sp³-hybridized carbons (Fsp3) is 0.450. The third-order valence-electron chi connectivity index (χ3n) is 4.54. The van der Waals surface area contributed by atoms with Crippen LogP contribution in [0.15, 0.2) is 42.5 Å². The lowest BCUT2D eigenvalue weighted by molar-refractivity contribution is -0.139. The highest BCUT2D eigenvalue weighted by atomic mass is 32.1. The molecule has 1 aromatic heterocycles. The Morgan fingerprint density at radius 3 is 2.58 bits per heavy atom. The van der Waals surface area contributed by atoms with Gasteiger partial charge in [0.25, 0.3) is 0 Å². The van der Waals surface area contributed by atoms with E-state index >= 15 is 0 Å². The van der Waals surface area contributed by atoms with Crippen molar-refractivity contribution < 1.29 is 9.53 Å². The van der Waals surface area contributed by atoms with Crippen molar-refractivity contribution >= 4 is 17.2 Å². The Bertz CT molecular complexity index is 647. The van der Waals surface area contributed by atoms with Crippen LogP contribution in [0.1, 0.15) is 28.2 Å². The Morgan fingerprint density at radius 2 is 1.92 bits per heavy atom. The lowest BCUT2D eigenvalue weighted by Gasteiger charge is -2.29. The van der Waals surface area contributed by atoms with Crippen LogP contribution in [0, 0.1) is 12.8 Å². The van der Waals surface area contributed by atoms with Gasteiger partial charge in [0.1, 0.15) is 0 Å². The molecule has 1 aromatic carbocycles. The lowest BCUT2D eigenvalue weighted by Crippen LogP contribution is -2.39. The Balaban J connectivity index is 1.68. The van der Waals surface area contributed by atoms with Crippen LogP contribution in [0.2, 0.25) is 0 Å². The Morgan fingerprint density at radius 1 is 1.17 bits per heavy atom. The quantitative estimate of drug-likeness (QED) is 0.792. The molecule has 1 aliphatic heterocycles. The summed E-state index contributed by atoms with van der Waals surface area (Å²) in [4.78, 5) is 17.6. The number of thiophene rings is 1. The van der Waals surface area contributed by atoms with Gasteiger partial charge in [-0.15, -0.1) is 11.3 Å². The minimum atomic E-state index is 0.121. The van der Waals surface area contributed by atoms with Crippen molar-refractivity contribution in [2.75, 3.05) is 19.8 Å². The third-order valence-corrected chi connectivity index (χ3v) is 5.52. The molecule has 1 saturated heterocycles. The smallest absolute Gasteiger partial charge is 0.226 e. The molecule has 1 fully saturated rings. The molecule has 1 aliphatic rings. The average molecular weight is 343 g/mol. The van der Waals surface area contributed by atoms with Crippen molar-refractivity contribution in [3.05, 3.63) is 57.8 Å². The number of hydrogen-bond acceptors (Lipinski definition) is 3. The Hall–Kier alpha value is -1.65. The largest absolute Gasteiger partial charge is 0.381 e. The van der Waals surface area contributed by atoms with Crippen LogP contribution >= 0.6 is 11.3 Å².